The molecular formula is C21H29FIN5O. The van der Waals surface area contributed by atoms with Crippen LogP contribution in [0.15, 0.2) is 47.6 Å². The first-order chi connectivity index (χ1) is 13.7. The molecule has 1 aromatic heterocycles. The van der Waals surface area contributed by atoms with Crippen molar-refractivity contribution in [2.45, 2.75) is 32.5 Å². The number of methoxy groups -OCH3 is 1. The van der Waals surface area contributed by atoms with Crippen molar-refractivity contribution in [2.75, 3.05) is 31.6 Å². The van der Waals surface area contributed by atoms with E-state index in [1.54, 1.807) is 19.4 Å². The number of hydrogen-bond donors (Lipinski definition) is 2. The van der Waals surface area contributed by atoms with Crippen molar-refractivity contribution in [3.8, 4) is 0 Å². The van der Waals surface area contributed by atoms with Gasteiger partial charge in [-0.25, -0.2) is 14.4 Å². The fraction of sp³-hybridized carbons (Fsp3) is 0.429. The first kappa shape index (κ1) is 23.3. The molecule has 2 N–H and O–H groups in total. The molecule has 0 aliphatic carbocycles. The van der Waals surface area contributed by atoms with E-state index in [9.17, 15) is 4.39 Å². The molecule has 1 fully saturated rings. The number of halogens is 2. The van der Waals surface area contributed by atoms with E-state index in [2.05, 4.69) is 27.8 Å². The number of aromatic nitrogens is 1. The molecule has 0 saturated carbocycles. The van der Waals surface area contributed by atoms with Crippen LogP contribution in [0.25, 0.3) is 0 Å². The van der Waals surface area contributed by atoms with Crippen LogP contribution in [-0.4, -0.2) is 43.7 Å². The molecule has 1 aliphatic rings. The maximum absolute atomic E-state index is 14.0. The Morgan fingerprint density at radius 2 is 2.14 bits per heavy atom. The number of benzene rings is 1. The molecule has 6 nitrogen and oxygen atoms in total. The molecule has 1 unspecified atom stereocenters. The smallest absolute Gasteiger partial charge is 0.191 e. The van der Waals surface area contributed by atoms with Gasteiger partial charge in [-0.1, -0.05) is 24.3 Å². The van der Waals surface area contributed by atoms with Crippen molar-refractivity contribution in [3.63, 3.8) is 0 Å². The summed E-state index contributed by atoms with van der Waals surface area (Å²) in [6.07, 6.45) is 2.53. The number of aliphatic imine (C=N–C) groups is 1. The molecule has 0 spiro atoms. The van der Waals surface area contributed by atoms with Crippen molar-refractivity contribution in [1.82, 2.24) is 15.6 Å². The Morgan fingerprint density at radius 3 is 2.90 bits per heavy atom. The van der Waals surface area contributed by atoms with Crippen molar-refractivity contribution in [1.29, 1.82) is 0 Å². The first-order valence-electron chi connectivity index (χ1n) is 9.66. The van der Waals surface area contributed by atoms with Gasteiger partial charge in [-0.2, -0.15) is 0 Å². The minimum Gasteiger partial charge on any atom is -0.380 e. The lowest BCUT2D eigenvalue weighted by Gasteiger charge is -2.20. The van der Waals surface area contributed by atoms with E-state index < -0.39 is 0 Å². The van der Waals surface area contributed by atoms with E-state index in [1.807, 2.05) is 24.0 Å². The zero-order chi connectivity index (χ0) is 19.8. The number of nitrogens with one attached hydrogen (secondary N) is 2. The van der Waals surface area contributed by atoms with Gasteiger partial charge >= 0.3 is 0 Å². The van der Waals surface area contributed by atoms with Crippen LogP contribution in [0.2, 0.25) is 0 Å². The van der Waals surface area contributed by atoms with E-state index in [4.69, 9.17) is 9.73 Å². The van der Waals surface area contributed by atoms with E-state index >= 15 is 0 Å². The molecule has 1 aromatic carbocycles. The third kappa shape index (κ3) is 6.81. The molecule has 1 saturated heterocycles. The van der Waals surface area contributed by atoms with Gasteiger partial charge in [-0.3, -0.25) is 0 Å². The number of pyridine rings is 1. The lowest BCUT2D eigenvalue weighted by Crippen LogP contribution is -2.44. The van der Waals surface area contributed by atoms with Crippen LogP contribution in [0.4, 0.5) is 10.2 Å². The molecule has 8 heteroatoms. The third-order valence-electron chi connectivity index (χ3n) is 4.63. The van der Waals surface area contributed by atoms with Gasteiger partial charge in [0, 0.05) is 39.0 Å². The van der Waals surface area contributed by atoms with E-state index in [-0.39, 0.29) is 35.8 Å². The quantitative estimate of drug-likeness (QED) is 0.338. The molecule has 1 atom stereocenters. The van der Waals surface area contributed by atoms with Crippen LogP contribution >= 0.6 is 24.0 Å². The van der Waals surface area contributed by atoms with Gasteiger partial charge in [0.15, 0.2) is 17.6 Å². The topological polar surface area (TPSA) is 61.8 Å². The number of anilines is 1. The second-order valence-corrected chi connectivity index (χ2v) is 6.83. The number of ether oxygens (including phenoxy) is 1. The predicted octanol–water partition coefficient (Wildman–Crippen LogP) is 3.32. The van der Waals surface area contributed by atoms with Gasteiger partial charge in [0.05, 0.1) is 13.2 Å². The van der Waals surface area contributed by atoms with E-state index in [1.165, 1.54) is 6.07 Å². The molecular weight excluding hydrogens is 484 g/mol. The highest BCUT2D eigenvalue weighted by Gasteiger charge is 2.25. The van der Waals surface area contributed by atoms with E-state index in [0.717, 1.165) is 36.6 Å². The molecule has 3 rings (SSSR count). The first-order valence-corrected chi connectivity index (χ1v) is 9.66. The van der Waals surface area contributed by atoms with Crippen LogP contribution in [0.3, 0.4) is 0 Å². The van der Waals surface area contributed by atoms with Crippen molar-refractivity contribution < 1.29 is 9.13 Å². The van der Waals surface area contributed by atoms with Crippen molar-refractivity contribution in [3.05, 3.63) is 59.5 Å². The average Bonchev–Trinajstić information content (AvgIpc) is 3.15. The summed E-state index contributed by atoms with van der Waals surface area (Å²) in [7, 11) is 1.69. The highest BCUT2D eigenvalue weighted by molar-refractivity contribution is 14.0. The molecule has 2 heterocycles. The van der Waals surface area contributed by atoms with Crippen molar-refractivity contribution in [2.24, 2.45) is 4.99 Å². The second kappa shape index (κ2) is 11.9. The fourth-order valence-corrected chi connectivity index (χ4v) is 3.35. The standard InChI is InChI=1S/C21H28FN5O.HI/c1-3-23-21(25-13-16-6-4-7-17(12-16)15-28-2)26-18-9-11-27(14-18)20-19(22)8-5-10-24-20;/h4-8,10,12,18H,3,9,11,13-15H2,1-2H3,(H2,23,25,26);1H. The molecule has 158 valence electrons. The van der Waals surface area contributed by atoms with Gasteiger partial charge in [0.1, 0.15) is 0 Å². The molecule has 1 aliphatic heterocycles. The predicted molar refractivity (Wildman–Crippen MR) is 125 cm³/mol. The monoisotopic (exact) mass is 513 g/mol. The summed E-state index contributed by atoms with van der Waals surface area (Å²) >= 11 is 0. The SMILES string of the molecule is CCNC(=NCc1cccc(COC)c1)NC1CCN(c2ncccc2F)C1.I. The summed E-state index contributed by atoms with van der Waals surface area (Å²) in [5.74, 6) is 0.913. The van der Waals surface area contributed by atoms with Gasteiger partial charge in [0.25, 0.3) is 0 Å². The van der Waals surface area contributed by atoms with Gasteiger partial charge in [-0.05, 0) is 36.6 Å². The van der Waals surface area contributed by atoms with E-state index in [0.29, 0.717) is 25.5 Å². The van der Waals surface area contributed by atoms with Crippen molar-refractivity contribution >= 4 is 35.8 Å². The summed E-state index contributed by atoms with van der Waals surface area (Å²) in [4.78, 5) is 10.9. The Hall–Kier alpha value is -1.94. The van der Waals surface area contributed by atoms with Crippen LogP contribution in [0, 0.1) is 5.82 Å². The molecule has 29 heavy (non-hydrogen) atoms. The normalized spacial score (nSPS) is 16.4. The minimum absolute atomic E-state index is 0. The maximum atomic E-state index is 14.0. The number of rotatable bonds is 7. The molecule has 0 radical (unpaired) electrons. The Morgan fingerprint density at radius 1 is 1.31 bits per heavy atom. The van der Waals surface area contributed by atoms with Gasteiger partial charge in [0.2, 0.25) is 0 Å². The molecule has 0 bridgehead atoms. The highest BCUT2D eigenvalue weighted by Crippen LogP contribution is 2.20. The van der Waals surface area contributed by atoms with Gasteiger partial charge in [-0.15, -0.1) is 24.0 Å². The number of guanidine groups is 1. The number of nitrogens with zero attached hydrogens (tertiary/aromatic N) is 3. The average molecular weight is 513 g/mol. The van der Waals surface area contributed by atoms with Crippen LogP contribution < -0.4 is 15.5 Å². The summed E-state index contributed by atoms with van der Waals surface area (Å²) in [6.45, 7) is 5.46. The van der Waals surface area contributed by atoms with Crippen LogP contribution in [0.5, 0.6) is 0 Å². The second-order valence-electron chi connectivity index (χ2n) is 6.83. The molecule has 0 amide bonds. The Bertz CT molecular complexity index is 804. The summed E-state index contributed by atoms with van der Waals surface area (Å²) in [6, 6.07) is 11.5. The lowest BCUT2D eigenvalue weighted by molar-refractivity contribution is 0.185. The summed E-state index contributed by atoms with van der Waals surface area (Å²) < 4.78 is 19.2. The lowest BCUT2D eigenvalue weighted by atomic mass is 10.1. The Kier molecular flexibility index (Phi) is 9.59. The Labute approximate surface area is 189 Å². The third-order valence-corrected chi connectivity index (χ3v) is 4.63. The minimum atomic E-state index is -0.278. The Balaban J connectivity index is 0.00000300. The maximum Gasteiger partial charge on any atom is 0.191 e. The molecule has 2 aromatic rings. The largest absolute Gasteiger partial charge is 0.380 e. The zero-order valence-corrected chi connectivity index (χ0v) is 19.2. The number of hydrogen-bond acceptors (Lipinski definition) is 4. The zero-order valence-electron chi connectivity index (χ0n) is 16.9. The van der Waals surface area contributed by atoms with Gasteiger partial charge < -0.3 is 20.3 Å². The van der Waals surface area contributed by atoms with Crippen LogP contribution in [0.1, 0.15) is 24.5 Å². The highest BCUT2D eigenvalue weighted by atomic mass is 127. The summed E-state index contributed by atoms with van der Waals surface area (Å²) in [5.41, 5.74) is 2.27. The summed E-state index contributed by atoms with van der Waals surface area (Å²) in [5, 5.41) is 6.76. The fourth-order valence-electron chi connectivity index (χ4n) is 3.35. The van der Waals surface area contributed by atoms with Crippen LogP contribution in [-0.2, 0) is 17.9 Å².